The average molecular weight is 289 g/mol. The van der Waals surface area contributed by atoms with Crippen LogP contribution in [0.5, 0.6) is 11.5 Å². The largest absolute Gasteiger partial charge is 0.457 e. The minimum atomic E-state index is -0.481. The van der Waals surface area contributed by atoms with Gasteiger partial charge in [0.1, 0.15) is 17.3 Å². The fourth-order valence-electron chi connectivity index (χ4n) is 1.94. The molecular formula is C15H10ClFN2O. The van der Waals surface area contributed by atoms with Crippen LogP contribution in [0.4, 0.5) is 10.1 Å². The van der Waals surface area contributed by atoms with E-state index in [2.05, 4.69) is 4.98 Å². The number of anilines is 1. The lowest BCUT2D eigenvalue weighted by Gasteiger charge is -2.10. The molecule has 0 unspecified atom stereocenters. The van der Waals surface area contributed by atoms with E-state index in [1.807, 2.05) is 6.07 Å². The van der Waals surface area contributed by atoms with Crippen molar-refractivity contribution in [2.45, 2.75) is 0 Å². The highest BCUT2D eigenvalue weighted by Gasteiger charge is 2.08. The Bertz CT molecular complexity index is 792. The van der Waals surface area contributed by atoms with Crippen LogP contribution in [0.2, 0.25) is 5.02 Å². The van der Waals surface area contributed by atoms with E-state index in [0.29, 0.717) is 17.2 Å². The Labute approximate surface area is 119 Å². The monoisotopic (exact) mass is 288 g/mol. The third kappa shape index (κ3) is 2.26. The Morgan fingerprint density at radius 2 is 1.95 bits per heavy atom. The molecule has 20 heavy (non-hydrogen) atoms. The molecule has 2 aromatic carbocycles. The molecule has 0 aliphatic rings. The zero-order valence-corrected chi connectivity index (χ0v) is 11.1. The van der Waals surface area contributed by atoms with Crippen LogP contribution in [0.3, 0.4) is 0 Å². The van der Waals surface area contributed by atoms with Crippen LogP contribution in [-0.4, -0.2) is 4.98 Å². The Kier molecular flexibility index (Phi) is 3.16. The maximum absolute atomic E-state index is 13.1. The Morgan fingerprint density at radius 3 is 2.75 bits per heavy atom. The van der Waals surface area contributed by atoms with E-state index in [0.717, 1.165) is 10.8 Å². The van der Waals surface area contributed by atoms with Crippen LogP contribution >= 0.6 is 11.6 Å². The first-order valence-corrected chi connectivity index (χ1v) is 6.28. The lowest BCUT2D eigenvalue weighted by molar-refractivity contribution is 0.486. The molecule has 0 aliphatic heterocycles. The predicted molar refractivity (Wildman–Crippen MR) is 77.6 cm³/mol. The van der Waals surface area contributed by atoms with Gasteiger partial charge in [0.25, 0.3) is 0 Å². The van der Waals surface area contributed by atoms with Gasteiger partial charge in [0.2, 0.25) is 0 Å². The summed E-state index contributed by atoms with van der Waals surface area (Å²) in [7, 11) is 0. The smallest absolute Gasteiger partial charge is 0.142 e. The second-order valence-corrected chi connectivity index (χ2v) is 4.66. The number of hydrogen-bond acceptors (Lipinski definition) is 3. The Hall–Kier alpha value is -2.33. The molecule has 0 amide bonds. The Balaban J connectivity index is 2.06. The van der Waals surface area contributed by atoms with Crippen LogP contribution in [-0.2, 0) is 0 Å². The van der Waals surface area contributed by atoms with Gasteiger partial charge < -0.3 is 10.5 Å². The zero-order chi connectivity index (χ0) is 14.1. The van der Waals surface area contributed by atoms with Gasteiger partial charge in [0.15, 0.2) is 0 Å². The van der Waals surface area contributed by atoms with E-state index in [9.17, 15) is 4.39 Å². The number of benzene rings is 2. The SMILES string of the molecule is Nc1ccc(Oc2ccc(F)c(Cl)c2)c2ccncc12. The number of nitrogens with two attached hydrogens (primary N) is 1. The number of fused-ring (bicyclic) bond motifs is 1. The second kappa shape index (κ2) is 4.98. The fourth-order valence-corrected chi connectivity index (χ4v) is 2.11. The molecule has 3 aromatic rings. The van der Waals surface area contributed by atoms with Gasteiger partial charge in [-0.15, -0.1) is 0 Å². The molecule has 5 heteroatoms. The summed E-state index contributed by atoms with van der Waals surface area (Å²) in [5.74, 6) is 0.587. The van der Waals surface area contributed by atoms with Crippen LogP contribution in [0.1, 0.15) is 0 Å². The van der Waals surface area contributed by atoms with Crippen LogP contribution in [0.25, 0.3) is 10.8 Å². The molecule has 0 radical (unpaired) electrons. The summed E-state index contributed by atoms with van der Waals surface area (Å²) in [6.07, 6.45) is 3.33. The topological polar surface area (TPSA) is 48.1 Å². The molecule has 2 N–H and O–H groups in total. The number of pyridine rings is 1. The highest BCUT2D eigenvalue weighted by atomic mass is 35.5. The van der Waals surface area contributed by atoms with Crippen molar-refractivity contribution in [3.8, 4) is 11.5 Å². The highest BCUT2D eigenvalue weighted by Crippen LogP contribution is 2.33. The highest BCUT2D eigenvalue weighted by molar-refractivity contribution is 6.30. The maximum atomic E-state index is 13.1. The van der Waals surface area contributed by atoms with E-state index >= 15 is 0 Å². The number of ether oxygens (including phenoxy) is 1. The third-order valence-electron chi connectivity index (χ3n) is 2.93. The first-order chi connectivity index (χ1) is 9.65. The van der Waals surface area contributed by atoms with E-state index < -0.39 is 5.82 Å². The number of halogens is 2. The summed E-state index contributed by atoms with van der Waals surface area (Å²) in [6.45, 7) is 0. The first kappa shape index (κ1) is 12.7. The van der Waals surface area contributed by atoms with Gasteiger partial charge >= 0.3 is 0 Å². The van der Waals surface area contributed by atoms with Crippen LogP contribution in [0, 0.1) is 5.82 Å². The van der Waals surface area contributed by atoms with Gasteiger partial charge in [-0.3, -0.25) is 4.98 Å². The fraction of sp³-hybridized carbons (Fsp3) is 0. The number of nitrogens with zero attached hydrogens (tertiary/aromatic N) is 1. The Morgan fingerprint density at radius 1 is 1.10 bits per heavy atom. The summed E-state index contributed by atoms with van der Waals surface area (Å²) < 4.78 is 18.9. The van der Waals surface area contributed by atoms with E-state index in [1.165, 1.54) is 18.2 Å². The molecule has 0 bridgehead atoms. The molecule has 0 spiro atoms. The van der Waals surface area contributed by atoms with Gasteiger partial charge in [-0.25, -0.2) is 4.39 Å². The summed E-state index contributed by atoms with van der Waals surface area (Å²) in [6, 6.07) is 9.52. The van der Waals surface area contributed by atoms with E-state index in [-0.39, 0.29) is 5.02 Å². The van der Waals surface area contributed by atoms with Gasteiger partial charge in [-0.1, -0.05) is 11.6 Å². The molecule has 1 aromatic heterocycles. The number of hydrogen-bond donors (Lipinski definition) is 1. The number of nitrogen functional groups attached to an aromatic ring is 1. The summed E-state index contributed by atoms with van der Waals surface area (Å²) >= 11 is 5.74. The minimum Gasteiger partial charge on any atom is -0.457 e. The van der Waals surface area contributed by atoms with Crippen molar-refractivity contribution in [1.29, 1.82) is 0 Å². The minimum absolute atomic E-state index is 0.0175. The van der Waals surface area contributed by atoms with Crippen molar-refractivity contribution >= 4 is 28.1 Å². The third-order valence-corrected chi connectivity index (χ3v) is 3.22. The first-order valence-electron chi connectivity index (χ1n) is 5.90. The quantitative estimate of drug-likeness (QED) is 0.711. The lowest BCUT2D eigenvalue weighted by atomic mass is 10.1. The van der Waals surface area contributed by atoms with Crippen LogP contribution < -0.4 is 10.5 Å². The molecule has 3 nitrogen and oxygen atoms in total. The number of rotatable bonds is 2. The lowest BCUT2D eigenvalue weighted by Crippen LogP contribution is -1.91. The van der Waals surface area contributed by atoms with Crippen molar-refractivity contribution in [3.05, 3.63) is 59.6 Å². The van der Waals surface area contributed by atoms with Gasteiger partial charge in [-0.05, 0) is 30.3 Å². The molecule has 3 rings (SSSR count). The maximum Gasteiger partial charge on any atom is 0.142 e. The molecule has 0 saturated carbocycles. The normalized spacial score (nSPS) is 10.7. The molecule has 1 heterocycles. The molecule has 0 aliphatic carbocycles. The van der Waals surface area contributed by atoms with Crippen molar-refractivity contribution in [3.63, 3.8) is 0 Å². The van der Waals surface area contributed by atoms with Crippen molar-refractivity contribution in [1.82, 2.24) is 4.98 Å². The van der Waals surface area contributed by atoms with Crippen LogP contribution in [0.15, 0.2) is 48.8 Å². The van der Waals surface area contributed by atoms with Gasteiger partial charge in [0.05, 0.1) is 5.02 Å². The summed E-state index contributed by atoms with van der Waals surface area (Å²) in [5, 5.41) is 1.66. The van der Waals surface area contributed by atoms with E-state index in [4.69, 9.17) is 22.1 Å². The van der Waals surface area contributed by atoms with Crippen molar-refractivity contribution < 1.29 is 9.13 Å². The molecule has 0 atom stereocenters. The molecular weight excluding hydrogens is 279 g/mol. The van der Waals surface area contributed by atoms with Gasteiger partial charge in [-0.2, -0.15) is 0 Å². The van der Waals surface area contributed by atoms with E-state index in [1.54, 1.807) is 24.5 Å². The molecule has 100 valence electrons. The summed E-state index contributed by atoms with van der Waals surface area (Å²) in [5.41, 5.74) is 6.52. The van der Waals surface area contributed by atoms with Gasteiger partial charge in [0, 0.05) is 34.9 Å². The van der Waals surface area contributed by atoms with Crippen molar-refractivity contribution in [2.75, 3.05) is 5.73 Å². The predicted octanol–water partition coefficient (Wildman–Crippen LogP) is 4.40. The second-order valence-electron chi connectivity index (χ2n) is 4.25. The molecule has 0 fully saturated rings. The summed E-state index contributed by atoms with van der Waals surface area (Å²) in [4.78, 5) is 4.04. The average Bonchev–Trinajstić information content (AvgIpc) is 2.46. The molecule has 0 saturated heterocycles. The zero-order valence-electron chi connectivity index (χ0n) is 10.3. The van der Waals surface area contributed by atoms with Crippen molar-refractivity contribution in [2.24, 2.45) is 0 Å². The standard InChI is InChI=1S/C15H10ClFN2O/c16-12-7-9(1-2-13(12)17)20-15-4-3-14(18)11-8-19-6-5-10(11)15/h1-8H,18H2. The number of aromatic nitrogens is 1.